The van der Waals surface area contributed by atoms with Gasteiger partial charge in [-0.3, -0.25) is 14.5 Å². The molecule has 0 bridgehead atoms. The van der Waals surface area contributed by atoms with Gasteiger partial charge in [0, 0.05) is 4.47 Å². The fourth-order valence-electron chi connectivity index (χ4n) is 3.58. The van der Waals surface area contributed by atoms with Gasteiger partial charge in [0.25, 0.3) is 0 Å². The molecule has 1 heterocycles. The molecule has 4 heteroatoms. The number of rotatable bonds is 2. The Morgan fingerprint density at radius 1 is 1.10 bits per heavy atom. The summed E-state index contributed by atoms with van der Waals surface area (Å²) in [7, 11) is 0. The van der Waals surface area contributed by atoms with Crippen molar-refractivity contribution in [3.63, 3.8) is 0 Å². The lowest BCUT2D eigenvalue weighted by molar-refractivity contribution is -0.143. The lowest BCUT2D eigenvalue weighted by Gasteiger charge is -2.24. The van der Waals surface area contributed by atoms with Gasteiger partial charge in [0.05, 0.1) is 17.9 Å². The summed E-state index contributed by atoms with van der Waals surface area (Å²) in [5.74, 6) is 0.397. The van der Waals surface area contributed by atoms with E-state index < -0.39 is 0 Å². The van der Waals surface area contributed by atoms with E-state index in [0.717, 1.165) is 22.9 Å². The van der Waals surface area contributed by atoms with E-state index in [4.69, 9.17) is 0 Å². The second-order valence-electron chi connectivity index (χ2n) is 6.06. The fourth-order valence-corrected chi connectivity index (χ4v) is 3.84. The minimum atomic E-state index is -0.177. The van der Waals surface area contributed by atoms with Crippen molar-refractivity contribution in [2.24, 2.45) is 17.8 Å². The molecule has 2 aliphatic rings. The predicted octanol–water partition coefficient (Wildman–Crippen LogP) is 3.54. The molecule has 0 radical (unpaired) electrons. The zero-order chi connectivity index (χ0) is 14.4. The van der Waals surface area contributed by atoms with Crippen molar-refractivity contribution in [1.29, 1.82) is 0 Å². The first kappa shape index (κ1) is 13.8. The minimum Gasteiger partial charge on any atom is -0.275 e. The normalized spacial score (nSPS) is 30.8. The number of hydrogen-bond acceptors (Lipinski definition) is 2. The van der Waals surface area contributed by atoms with Gasteiger partial charge in [-0.15, -0.1) is 0 Å². The molecule has 3 atom stereocenters. The molecule has 1 aromatic carbocycles. The highest BCUT2D eigenvalue weighted by atomic mass is 79.9. The summed E-state index contributed by atoms with van der Waals surface area (Å²) in [6.45, 7) is 4.06. The zero-order valence-corrected chi connectivity index (χ0v) is 13.3. The van der Waals surface area contributed by atoms with E-state index in [1.165, 1.54) is 4.90 Å². The number of fused-ring (bicyclic) bond motifs is 1. The first-order valence-electron chi connectivity index (χ1n) is 7.11. The van der Waals surface area contributed by atoms with Crippen LogP contribution in [0.1, 0.15) is 38.3 Å². The van der Waals surface area contributed by atoms with Crippen LogP contribution in [0.5, 0.6) is 0 Å². The zero-order valence-electron chi connectivity index (χ0n) is 11.7. The third-order valence-corrected chi connectivity index (χ3v) is 5.18. The lowest BCUT2D eigenvalue weighted by Crippen LogP contribution is -2.34. The van der Waals surface area contributed by atoms with Crippen LogP contribution >= 0.6 is 15.9 Å². The third-order valence-electron chi connectivity index (χ3n) is 4.65. The predicted molar refractivity (Wildman–Crippen MR) is 79.8 cm³/mol. The molecule has 2 fully saturated rings. The maximum Gasteiger partial charge on any atom is 0.233 e. The van der Waals surface area contributed by atoms with E-state index >= 15 is 0 Å². The van der Waals surface area contributed by atoms with E-state index in [0.29, 0.717) is 5.92 Å². The number of amides is 2. The lowest BCUT2D eigenvalue weighted by atomic mass is 10.00. The second-order valence-corrected chi connectivity index (χ2v) is 6.98. The first-order chi connectivity index (χ1) is 9.49. The van der Waals surface area contributed by atoms with Gasteiger partial charge in [0.15, 0.2) is 0 Å². The Labute approximate surface area is 127 Å². The molecule has 3 unspecified atom stereocenters. The second kappa shape index (κ2) is 4.99. The number of imide groups is 1. The summed E-state index contributed by atoms with van der Waals surface area (Å²) in [5.41, 5.74) is 1.00. The van der Waals surface area contributed by atoms with E-state index in [1.54, 1.807) is 0 Å². The van der Waals surface area contributed by atoms with Crippen LogP contribution in [0, 0.1) is 17.8 Å². The maximum absolute atomic E-state index is 12.5. The number of likely N-dealkylation sites (tertiary alicyclic amines) is 1. The molecular weight excluding hydrogens is 318 g/mol. The van der Waals surface area contributed by atoms with Gasteiger partial charge in [-0.25, -0.2) is 0 Å². The Balaban J connectivity index is 1.86. The molecule has 2 amide bonds. The number of carbonyl (C=O) groups is 2. The first-order valence-corrected chi connectivity index (χ1v) is 7.90. The summed E-state index contributed by atoms with van der Waals surface area (Å²) >= 11 is 3.40. The van der Waals surface area contributed by atoms with Crippen molar-refractivity contribution in [2.75, 3.05) is 0 Å². The van der Waals surface area contributed by atoms with E-state index in [1.807, 2.05) is 31.2 Å². The van der Waals surface area contributed by atoms with Crippen molar-refractivity contribution in [3.8, 4) is 0 Å². The molecular formula is C16H18BrNO2. The summed E-state index contributed by atoms with van der Waals surface area (Å²) in [5, 5.41) is 0. The van der Waals surface area contributed by atoms with Gasteiger partial charge in [-0.1, -0.05) is 35.0 Å². The summed E-state index contributed by atoms with van der Waals surface area (Å²) < 4.78 is 0.998. The van der Waals surface area contributed by atoms with Crippen LogP contribution in [0.25, 0.3) is 0 Å². The molecule has 0 aromatic heterocycles. The molecule has 1 aromatic rings. The quantitative estimate of drug-likeness (QED) is 0.775. The van der Waals surface area contributed by atoms with Gasteiger partial charge in [0.2, 0.25) is 11.8 Å². The van der Waals surface area contributed by atoms with Crippen LogP contribution in [0.4, 0.5) is 0 Å². The van der Waals surface area contributed by atoms with E-state index in [9.17, 15) is 9.59 Å². The van der Waals surface area contributed by atoms with Crippen molar-refractivity contribution in [1.82, 2.24) is 4.90 Å². The summed E-state index contributed by atoms with van der Waals surface area (Å²) in [6.07, 6.45) is 1.72. The molecule has 20 heavy (non-hydrogen) atoms. The van der Waals surface area contributed by atoms with Gasteiger partial charge in [0.1, 0.15) is 0 Å². The number of nitrogens with zero attached hydrogens (tertiary/aromatic N) is 1. The van der Waals surface area contributed by atoms with Crippen LogP contribution in [0.3, 0.4) is 0 Å². The monoisotopic (exact) mass is 335 g/mol. The van der Waals surface area contributed by atoms with Gasteiger partial charge >= 0.3 is 0 Å². The van der Waals surface area contributed by atoms with Gasteiger partial charge in [-0.2, -0.15) is 0 Å². The molecule has 1 aliphatic heterocycles. The van der Waals surface area contributed by atoms with Crippen LogP contribution in [-0.4, -0.2) is 16.7 Å². The minimum absolute atomic E-state index is 0.0276. The number of carbonyl (C=O) groups excluding carboxylic acids is 2. The van der Waals surface area contributed by atoms with E-state index in [2.05, 4.69) is 22.9 Å². The Bertz CT molecular complexity index is 530. The molecule has 106 valence electrons. The van der Waals surface area contributed by atoms with Gasteiger partial charge in [-0.05, 0) is 43.4 Å². The smallest absolute Gasteiger partial charge is 0.233 e. The number of halogens is 1. The Morgan fingerprint density at radius 3 is 2.10 bits per heavy atom. The van der Waals surface area contributed by atoms with Crippen molar-refractivity contribution in [3.05, 3.63) is 34.3 Å². The topological polar surface area (TPSA) is 37.4 Å². The Morgan fingerprint density at radius 2 is 1.60 bits per heavy atom. The third kappa shape index (κ3) is 2.10. The maximum atomic E-state index is 12.5. The highest BCUT2D eigenvalue weighted by Crippen LogP contribution is 2.45. The fraction of sp³-hybridized carbons (Fsp3) is 0.500. The Kier molecular flexibility index (Phi) is 3.44. The molecule has 0 spiro atoms. The van der Waals surface area contributed by atoms with Gasteiger partial charge < -0.3 is 0 Å². The van der Waals surface area contributed by atoms with Crippen LogP contribution in [0.2, 0.25) is 0 Å². The van der Waals surface area contributed by atoms with Crippen molar-refractivity contribution >= 4 is 27.7 Å². The summed E-state index contributed by atoms with van der Waals surface area (Å²) in [6, 6.07) is 7.64. The molecule has 0 N–H and O–H groups in total. The molecule has 1 aliphatic carbocycles. The van der Waals surface area contributed by atoms with Crippen molar-refractivity contribution < 1.29 is 9.59 Å². The molecule has 3 rings (SSSR count). The standard InChI is InChI=1S/C16H18BrNO2/c1-9-7-13-14(8-9)16(20)18(15(13)19)10(2)11-3-5-12(17)6-4-11/h3-6,9-10,13-14H,7-8H2,1-2H3. The molecule has 3 nitrogen and oxygen atoms in total. The van der Waals surface area contributed by atoms with Crippen LogP contribution in [-0.2, 0) is 9.59 Å². The van der Waals surface area contributed by atoms with Crippen LogP contribution in [0.15, 0.2) is 28.7 Å². The van der Waals surface area contributed by atoms with E-state index in [-0.39, 0.29) is 29.7 Å². The highest BCUT2D eigenvalue weighted by Gasteiger charge is 2.52. The number of benzene rings is 1. The molecule has 1 saturated heterocycles. The Hall–Kier alpha value is -1.16. The number of hydrogen-bond donors (Lipinski definition) is 0. The SMILES string of the molecule is CC1CC2C(=O)N(C(C)c3ccc(Br)cc3)C(=O)C2C1. The highest BCUT2D eigenvalue weighted by molar-refractivity contribution is 9.10. The van der Waals surface area contributed by atoms with Crippen molar-refractivity contribution in [2.45, 2.75) is 32.7 Å². The van der Waals surface area contributed by atoms with Crippen LogP contribution < -0.4 is 0 Å². The average molecular weight is 336 g/mol. The average Bonchev–Trinajstić information content (AvgIpc) is 2.90. The largest absolute Gasteiger partial charge is 0.275 e. The molecule has 1 saturated carbocycles. The summed E-state index contributed by atoms with van der Waals surface area (Å²) in [4.78, 5) is 26.5.